The van der Waals surface area contributed by atoms with Crippen molar-refractivity contribution in [1.29, 1.82) is 0 Å². The quantitative estimate of drug-likeness (QED) is 0.814. The molecule has 6 heteroatoms. The first-order valence-electron chi connectivity index (χ1n) is 6.90. The minimum absolute atomic E-state index is 0.189. The number of benzene rings is 1. The highest BCUT2D eigenvalue weighted by Gasteiger charge is 2.21. The van der Waals surface area contributed by atoms with E-state index in [9.17, 15) is 0 Å². The van der Waals surface area contributed by atoms with E-state index in [-0.39, 0.29) is 5.92 Å². The molecule has 1 aromatic carbocycles. The predicted molar refractivity (Wildman–Crippen MR) is 82.2 cm³/mol. The van der Waals surface area contributed by atoms with Crippen LogP contribution in [0.5, 0.6) is 23.2 Å². The zero-order chi connectivity index (χ0) is 16.3. The van der Waals surface area contributed by atoms with Gasteiger partial charge < -0.3 is 23.4 Å². The number of aromatic nitrogens is 1. The van der Waals surface area contributed by atoms with Crippen molar-refractivity contribution in [3.05, 3.63) is 17.8 Å². The zero-order valence-corrected chi connectivity index (χ0v) is 13.7. The maximum absolute atomic E-state index is 5.70. The van der Waals surface area contributed by atoms with Crippen molar-refractivity contribution in [2.24, 2.45) is 0 Å². The van der Waals surface area contributed by atoms with E-state index in [2.05, 4.69) is 4.98 Å². The Morgan fingerprint density at radius 1 is 0.909 bits per heavy atom. The molecule has 0 atom stereocenters. The average molecular weight is 307 g/mol. The van der Waals surface area contributed by atoms with Gasteiger partial charge in [0.15, 0.2) is 11.5 Å². The van der Waals surface area contributed by atoms with E-state index in [1.54, 1.807) is 40.6 Å². The van der Waals surface area contributed by atoms with Crippen LogP contribution in [-0.2, 0) is 0 Å². The summed E-state index contributed by atoms with van der Waals surface area (Å²) in [5, 5.41) is 0. The van der Waals surface area contributed by atoms with Crippen molar-refractivity contribution in [3.8, 4) is 34.6 Å². The highest BCUT2D eigenvalue weighted by Crippen LogP contribution is 2.42. The van der Waals surface area contributed by atoms with Gasteiger partial charge in [-0.2, -0.15) is 0 Å². The third kappa shape index (κ3) is 2.81. The lowest BCUT2D eigenvalue weighted by atomic mass is 10.1. The Hall–Kier alpha value is -2.37. The number of ether oxygens (including phenoxy) is 4. The fourth-order valence-electron chi connectivity index (χ4n) is 2.16. The van der Waals surface area contributed by atoms with Gasteiger partial charge in [-0.1, -0.05) is 13.8 Å². The third-order valence-corrected chi connectivity index (χ3v) is 3.26. The van der Waals surface area contributed by atoms with Crippen molar-refractivity contribution < 1.29 is 23.4 Å². The van der Waals surface area contributed by atoms with E-state index in [4.69, 9.17) is 23.4 Å². The maximum atomic E-state index is 5.70. The SMILES string of the molecule is COc1cc(-c2nc(C(C)C)c(OC)o2)cc(OC)c1OC. The summed E-state index contributed by atoms with van der Waals surface area (Å²) in [6.45, 7) is 4.05. The van der Waals surface area contributed by atoms with Crippen LogP contribution in [0.3, 0.4) is 0 Å². The molecule has 0 unspecified atom stereocenters. The van der Waals surface area contributed by atoms with Crippen molar-refractivity contribution >= 4 is 0 Å². The van der Waals surface area contributed by atoms with Crippen LogP contribution < -0.4 is 18.9 Å². The second-order valence-electron chi connectivity index (χ2n) is 4.96. The van der Waals surface area contributed by atoms with E-state index in [0.29, 0.717) is 29.1 Å². The van der Waals surface area contributed by atoms with Crippen molar-refractivity contribution in [2.45, 2.75) is 19.8 Å². The molecule has 0 saturated heterocycles. The number of methoxy groups -OCH3 is 4. The second-order valence-corrected chi connectivity index (χ2v) is 4.96. The average Bonchev–Trinajstić information content (AvgIpc) is 2.97. The Kier molecular flexibility index (Phi) is 4.80. The first-order chi connectivity index (χ1) is 10.5. The summed E-state index contributed by atoms with van der Waals surface area (Å²) in [7, 11) is 6.25. The van der Waals surface area contributed by atoms with Crippen LogP contribution in [0.1, 0.15) is 25.5 Å². The van der Waals surface area contributed by atoms with Crippen LogP contribution in [0.2, 0.25) is 0 Å². The summed E-state index contributed by atoms with van der Waals surface area (Å²) in [6.07, 6.45) is 0. The zero-order valence-electron chi connectivity index (χ0n) is 13.7. The molecule has 6 nitrogen and oxygen atoms in total. The first-order valence-corrected chi connectivity index (χ1v) is 6.90. The number of nitrogens with zero attached hydrogens (tertiary/aromatic N) is 1. The molecule has 0 spiro atoms. The largest absolute Gasteiger partial charge is 0.493 e. The van der Waals surface area contributed by atoms with Crippen LogP contribution >= 0.6 is 0 Å². The molecule has 1 aromatic heterocycles. The van der Waals surface area contributed by atoms with Gasteiger partial charge in [-0.3, -0.25) is 0 Å². The van der Waals surface area contributed by atoms with Gasteiger partial charge in [0.1, 0.15) is 5.69 Å². The van der Waals surface area contributed by atoms with Gasteiger partial charge in [0.2, 0.25) is 11.6 Å². The standard InChI is InChI=1S/C16H21NO5/c1-9(2)13-16(21-6)22-15(17-13)10-7-11(18-3)14(20-5)12(8-10)19-4/h7-9H,1-6H3. The fraction of sp³-hybridized carbons (Fsp3) is 0.438. The summed E-state index contributed by atoms with van der Waals surface area (Å²) in [5.41, 5.74) is 1.49. The van der Waals surface area contributed by atoms with Crippen LogP contribution in [0, 0.1) is 0 Å². The molecule has 1 heterocycles. The van der Waals surface area contributed by atoms with Gasteiger partial charge >= 0.3 is 5.95 Å². The van der Waals surface area contributed by atoms with Crippen LogP contribution in [0.15, 0.2) is 16.5 Å². The Morgan fingerprint density at radius 3 is 1.86 bits per heavy atom. The topological polar surface area (TPSA) is 63.0 Å². The normalized spacial score (nSPS) is 10.7. The van der Waals surface area contributed by atoms with Gasteiger partial charge in [0.25, 0.3) is 0 Å². The van der Waals surface area contributed by atoms with E-state index in [1.165, 1.54) is 0 Å². The molecule has 0 aliphatic heterocycles. The second kappa shape index (κ2) is 6.60. The first kappa shape index (κ1) is 16.0. The molecule has 0 aliphatic rings. The molecule has 120 valence electrons. The Bertz CT molecular complexity index is 623. The van der Waals surface area contributed by atoms with Crippen molar-refractivity contribution in [3.63, 3.8) is 0 Å². The monoisotopic (exact) mass is 307 g/mol. The molecule has 0 amide bonds. The molecular weight excluding hydrogens is 286 g/mol. The smallest absolute Gasteiger partial charge is 0.308 e. The Morgan fingerprint density at radius 2 is 1.50 bits per heavy atom. The highest BCUT2D eigenvalue weighted by atomic mass is 16.6. The van der Waals surface area contributed by atoms with Crippen molar-refractivity contribution in [2.75, 3.05) is 28.4 Å². The number of hydrogen-bond donors (Lipinski definition) is 0. The summed E-state index contributed by atoms with van der Waals surface area (Å²) < 4.78 is 27.0. The summed E-state index contributed by atoms with van der Waals surface area (Å²) in [5.74, 6) is 2.66. The Labute approximate surface area is 130 Å². The minimum atomic E-state index is 0.189. The fourth-order valence-corrected chi connectivity index (χ4v) is 2.16. The molecule has 0 saturated carbocycles. The van der Waals surface area contributed by atoms with E-state index in [0.717, 1.165) is 11.3 Å². The lowest BCUT2D eigenvalue weighted by Gasteiger charge is -2.12. The molecule has 0 N–H and O–H groups in total. The molecule has 0 fully saturated rings. The number of oxazole rings is 1. The lowest BCUT2D eigenvalue weighted by Crippen LogP contribution is -1.96. The summed E-state index contributed by atoms with van der Waals surface area (Å²) in [4.78, 5) is 4.51. The maximum Gasteiger partial charge on any atom is 0.308 e. The van der Waals surface area contributed by atoms with Gasteiger partial charge in [-0.05, 0) is 12.1 Å². The van der Waals surface area contributed by atoms with Gasteiger partial charge in [0.05, 0.1) is 28.4 Å². The van der Waals surface area contributed by atoms with Crippen LogP contribution in [-0.4, -0.2) is 33.4 Å². The minimum Gasteiger partial charge on any atom is -0.493 e. The van der Waals surface area contributed by atoms with Gasteiger partial charge in [-0.15, -0.1) is 0 Å². The summed E-state index contributed by atoms with van der Waals surface area (Å²) >= 11 is 0. The number of hydrogen-bond acceptors (Lipinski definition) is 6. The Balaban J connectivity index is 2.57. The molecule has 22 heavy (non-hydrogen) atoms. The summed E-state index contributed by atoms with van der Waals surface area (Å²) in [6, 6.07) is 3.58. The van der Waals surface area contributed by atoms with E-state index >= 15 is 0 Å². The van der Waals surface area contributed by atoms with Gasteiger partial charge in [-0.25, -0.2) is 4.98 Å². The van der Waals surface area contributed by atoms with E-state index < -0.39 is 0 Å². The van der Waals surface area contributed by atoms with E-state index in [1.807, 2.05) is 13.8 Å². The predicted octanol–water partition coefficient (Wildman–Crippen LogP) is 3.50. The molecule has 2 rings (SSSR count). The molecule has 0 bridgehead atoms. The lowest BCUT2D eigenvalue weighted by molar-refractivity contribution is 0.303. The molecule has 2 aromatic rings. The third-order valence-electron chi connectivity index (χ3n) is 3.26. The molecule has 0 aliphatic carbocycles. The van der Waals surface area contributed by atoms with Crippen molar-refractivity contribution in [1.82, 2.24) is 4.98 Å². The number of rotatable bonds is 6. The molecular formula is C16H21NO5. The van der Waals surface area contributed by atoms with Gasteiger partial charge in [0, 0.05) is 11.5 Å². The van der Waals surface area contributed by atoms with Crippen LogP contribution in [0.4, 0.5) is 0 Å². The van der Waals surface area contributed by atoms with Crippen LogP contribution in [0.25, 0.3) is 11.5 Å². The molecule has 0 radical (unpaired) electrons. The highest BCUT2D eigenvalue weighted by molar-refractivity contribution is 5.66.